The van der Waals surface area contributed by atoms with E-state index < -0.39 is 5.97 Å². The Hall–Kier alpha value is -2.41. The van der Waals surface area contributed by atoms with E-state index in [1.807, 2.05) is 0 Å². The summed E-state index contributed by atoms with van der Waals surface area (Å²) in [6.45, 7) is 6.49. The summed E-state index contributed by atoms with van der Waals surface area (Å²) in [5, 5.41) is 3.10. The minimum absolute atomic E-state index is 0.0456. The number of aromatic nitrogens is 2. The summed E-state index contributed by atoms with van der Waals surface area (Å²) in [5.41, 5.74) is 0.229. The predicted octanol–water partition coefficient (Wildman–Crippen LogP) is 3.46. The molecule has 0 saturated carbocycles. The Balaban J connectivity index is 2.51. The maximum Gasteiger partial charge on any atom is 0.344 e. The van der Waals surface area contributed by atoms with Crippen LogP contribution in [0.15, 0.2) is 10.5 Å². The third-order valence-corrected chi connectivity index (χ3v) is 3.16. The quantitative estimate of drug-likeness (QED) is 0.507. The fourth-order valence-electron chi connectivity index (χ4n) is 2.17. The highest BCUT2D eigenvalue weighted by molar-refractivity contribution is 6.29. The number of nitrogens with one attached hydrogen (secondary N) is 1. The summed E-state index contributed by atoms with van der Waals surface area (Å²) >= 11 is 5.89. The summed E-state index contributed by atoms with van der Waals surface area (Å²) in [4.78, 5) is 32.1. The molecule has 2 rings (SSSR count). The Morgan fingerprint density at radius 2 is 2.00 bits per heavy atom. The van der Waals surface area contributed by atoms with E-state index in [9.17, 15) is 9.59 Å². The Morgan fingerprint density at radius 1 is 1.30 bits per heavy atom. The van der Waals surface area contributed by atoms with E-state index in [0.29, 0.717) is 17.4 Å². The first-order chi connectivity index (χ1) is 10.8. The molecule has 0 radical (unpaired) electrons. The summed E-state index contributed by atoms with van der Waals surface area (Å²) in [6, 6.07) is 1.48. The van der Waals surface area contributed by atoms with Gasteiger partial charge < -0.3 is 14.5 Å². The van der Waals surface area contributed by atoms with Gasteiger partial charge in [0.15, 0.2) is 5.78 Å². The Labute approximate surface area is 138 Å². The Morgan fingerprint density at radius 3 is 2.57 bits per heavy atom. The van der Waals surface area contributed by atoms with Gasteiger partial charge in [-0.25, -0.2) is 14.8 Å². The number of anilines is 2. The first kappa shape index (κ1) is 17.0. The zero-order chi connectivity index (χ0) is 17.1. The van der Waals surface area contributed by atoms with E-state index in [1.165, 1.54) is 13.0 Å². The van der Waals surface area contributed by atoms with Gasteiger partial charge in [0.2, 0.25) is 5.88 Å². The van der Waals surface area contributed by atoms with Crippen LogP contribution in [0.1, 0.15) is 46.1 Å². The molecular formula is C15H16ClN3O4. The van der Waals surface area contributed by atoms with Crippen molar-refractivity contribution in [3.8, 4) is 0 Å². The molecule has 2 aromatic rings. The molecule has 0 saturated heterocycles. The second-order valence-electron chi connectivity index (χ2n) is 4.76. The zero-order valence-electron chi connectivity index (χ0n) is 13.2. The van der Waals surface area contributed by atoms with E-state index in [1.54, 1.807) is 20.8 Å². The van der Waals surface area contributed by atoms with E-state index in [0.717, 1.165) is 0 Å². The first-order valence-corrected chi connectivity index (χ1v) is 7.31. The molecule has 0 unspecified atom stereocenters. The van der Waals surface area contributed by atoms with Crippen LogP contribution in [0.4, 0.5) is 11.7 Å². The van der Waals surface area contributed by atoms with E-state index in [2.05, 4.69) is 15.3 Å². The van der Waals surface area contributed by atoms with Crippen LogP contribution in [0.2, 0.25) is 5.15 Å². The number of hydrogen-bond acceptors (Lipinski definition) is 7. The number of furan rings is 1. The monoisotopic (exact) mass is 337 g/mol. The lowest BCUT2D eigenvalue weighted by Crippen LogP contribution is -2.11. The van der Waals surface area contributed by atoms with Gasteiger partial charge in [-0.2, -0.15) is 0 Å². The molecule has 2 aromatic heterocycles. The predicted molar refractivity (Wildman–Crippen MR) is 84.5 cm³/mol. The third kappa shape index (κ3) is 3.68. The van der Waals surface area contributed by atoms with Crippen LogP contribution in [0.5, 0.6) is 0 Å². The number of esters is 1. The zero-order valence-corrected chi connectivity index (χ0v) is 13.9. The second-order valence-corrected chi connectivity index (χ2v) is 5.15. The largest absolute Gasteiger partial charge is 0.462 e. The molecule has 0 spiro atoms. The summed E-state index contributed by atoms with van der Waals surface area (Å²) in [5.74, 6) is 0.262. The number of nitrogens with zero attached hydrogens (tertiary/aromatic N) is 2. The van der Waals surface area contributed by atoms with Gasteiger partial charge in [0.25, 0.3) is 0 Å². The molecule has 0 fully saturated rings. The first-order valence-electron chi connectivity index (χ1n) is 6.93. The molecule has 2 heterocycles. The van der Waals surface area contributed by atoms with Gasteiger partial charge in [-0.1, -0.05) is 11.6 Å². The highest BCUT2D eigenvalue weighted by Crippen LogP contribution is 2.30. The molecule has 8 heteroatoms. The minimum Gasteiger partial charge on any atom is -0.462 e. The van der Waals surface area contributed by atoms with E-state index in [-0.39, 0.29) is 34.6 Å². The Bertz CT molecular complexity index is 750. The van der Waals surface area contributed by atoms with Gasteiger partial charge in [-0.05, 0) is 27.7 Å². The van der Waals surface area contributed by atoms with Gasteiger partial charge in [0.05, 0.1) is 12.2 Å². The SMILES string of the molecule is CCOC(=O)c1c(Nc2cc(Cl)nc(C)n2)oc(C)c1C(C)=O. The molecule has 1 N–H and O–H groups in total. The average Bonchev–Trinajstić information content (AvgIpc) is 2.74. The molecule has 0 amide bonds. The molecule has 122 valence electrons. The molecule has 0 aliphatic carbocycles. The smallest absolute Gasteiger partial charge is 0.344 e. The number of Topliss-reactive ketones (excluding diaryl/α,β-unsaturated/α-hetero) is 1. The molecule has 0 aliphatic rings. The number of carbonyl (C=O) groups is 2. The molecule has 0 atom stereocenters. The fourth-order valence-corrected chi connectivity index (χ4v) is 2.39. The van der Waals surface area contributed by atoms with Crippen molar-refractivity contribution in [1.82, 2.24) is 9.97 Å². The fraction of sp³-hybridized carbons (Fsp3) is 0.333. The van der Waals surface area contributed by atoms with Crippen LogP contribution < -0.4 is 5.32 Å². The molecule has 0 aliphatic heterocycles. The molecule has 0 bridgehead atoms. The molecular weight excluding hydrogens is 322 g/mol. The lowest BCUT2D eigenvalue weighted by molar-refractivity contribution is 0.0524. The molecule has 7 nitrogen and oxygen atoms in total. The van der Waals surface area contributed by atoms with Crippen molar-refractivity contribution < 1.29 is 18.7 Å². The van der Waals surface area contributed by atoms with Crippen LogP contribution in [0, 0.1) is 13.8 Å². The van der Waals surface area contributed by atoms with E-state index in [4.69, 9.17) is 20.8 Å². The average molecular weight is 338 g/mol. The van der Waals surface area contributed by atoms with Gasteiger partial charge in [0, 0.05) is 6.07 Å². The number of aryl methyl sites for hydroxylation is 2. The van der Waals surface area contributed by atoms with Crippen molar-refractivity contribution in [2.75, 3.05) is 11.9 Å². The van der Waals surface area contributed by atoms with Crippen molar-refractivity contribution in [3.05, 3.63) is 33.9 Å². The summed E-state index contributed by atoms with van der Waals surface area (Å²) in [6.07, 6.45) is 0. The van der Waals surface area contributed by atoms with Crippen LogP contribution in [0.3, 0.4) is 0 Å². The van der Waals surface area contributed by atoms with Crippen LogP contribution in [0.25, 0.3) is 0 Å². The number of carbonyl (C=O) groups excluding carboxylic acids is 2. The van der Waals surface area contributed by atoms with Crippen molar-refractivity contribution in [3.63, 3.8) is 0 Å². The van der Waals surface area contributed by atoms with E-state index >= 15 is 0 Å². The van der Waals surface area contributed by atoms with Crippen LogP contribution in [-0.4, -0.2) is 28.3 Å². The highest BCUT2D eigenvalue weighted by atomic mass is 35.5. The normalized spacial score (nSPS) is 10.5. The Kier molecular flexibility index (Phi) is 5.00. The van der Waals surface area contributed by atoms with Gasteiger partial charge in [0.1, 0.15) is 28.1 Å². The highest BCUT2D eigenvalue weighted by Gasteiger charge is 2.28. The third-order valence-electron chi connectivity index (χ3n) is 2.96. The van der Waals surface area contributed by atoms with Gasteiger partial charge in [-0.3, -0.25) is 4.79 Å². The maximum absolute atomic E-state index is 12.2. The lowest BCUT2D eigenvalue weighted by Gasteiger charge is -2.07. The molecule has 0 aromatic carbocycles. The van der Waals surface area contributed by atoms with Crippen molar-refractivity contribution in [1.29, 1.82) is 0 Å². The van der Waals surface area contributed by atoms with Crippen molar-refractivity contribution in [2.24, 2.45) is 0 Å². The number of hydrogen-bond donors (Lipinski definition) is 1. The number of halogens is 1. The topological polar surface area (TPSA) is 94.3 Å². The van der Waals surface area contributed by atoms with Gasteiger partial charge >= 0.3 is 5.97 Å². The van der Waals surface area contributed by atoms with Gasteiger partial charge in [-0.15, -0.1) is 0 Å². The minimum atomic E-state index is -0.645. The maximum atomic E-state index is 12.2. The van der Waals surface area contributed by atoms with Crippen molar-refractivity contribution in [2.45, 2.75) is 27.7 Å². The lowest BCUT2D eigenvalue weighted by atomic mass is 10.1. The molecule has 23 heavy (non-hydrogen) atoms. The number of rotatable bonds is 5. The summed E-state index contributed by atoms with van der Waals surface area (Å²) < 4.78 is 10.5. The second kappa shape index (κ2) is 6.78. The van der Waals surface area contributed by atoms with Crippen LogP contribution >= 0.6 is 11.6 Å². The van der Waals surface area contributed by atoms with Crippen LogP contribution in [-0.2, 0) is 4.74 Å². The standard InChI is InChI=1S/C15H16ClN3O4/c1-5-22-15(21)13-12(7(2)20)8(3)23-14(13)19-11-6-10(16)17-9(4)18-11/h6H,5H2,1-4H3,(H,17,18,19). The number of ketones is 1. The summed E-state index contributed by atoms with van der Waals surface area (Å²) in [7, 11) is 0. The number of ether oxygens (including phenoxy) is 1. The van der Waals surface area contributed by atoms with Crippen molar-refractivity contribution >= 4 is 35.1 Å².